The monoisotopic (exact) mass is 635 g/mol. The molecule has 3 heterocycles. The molecule has 4 aromatic rings. The molecule has 1 saturated heterocycles. The number of aromatic nitrogens is 4. The van der Waals surface area contributed by atoms with E-state index in [1.54, 1.807) is 35.3 Å². The van der Waals surface area contributed by atoms with Crippen LogP contribution in [0.4, 0.5) is 20.2 Å². The Balaban J connectivity index is 1.46. The number of rotatable bonds is 11. The molecule has 240 valence electrons. The number of amides is 1. The van der Waals surface area contributed by atoms with E-state index in [4.69, 9.17) is 9.72 Å². The molecule has 45 heavy (non-hydrogen) atoms. The van der Waals surface area contributed by atoms with E-state index in [2.05, 4.69) is 46.8 Å². The molecule has 0 aliphatic carbocycles. The van der Waals surface area contributed by atoms with Crippen molar-refractivity contribution >= 4 is 25.4 Å². The van der Waals surface area contributed by atoms with Gasteiger partial charge in [-0.1, -0.05) is 19.6 Å². The summed E-state index contributed by atoms with van der Waals surface area (Å²) in [7, 11) is 0.750. The van der Waals surface area contributed by atoms with Crippen LogP contribution in [0.15, 0.2) is 55.0 Å². The molecule has 0 atom stereocenters. The number of anilines is 2. The van der Waals surface area contributed by atoms with Crippen molar-refractivity contribution in [2.45, 2.75) is 52.3 Å². The van der Waals surface area contributed by atoms with Crippen LogP contribution in [0.5, 0.6) is 0 Å². The number of carbonyl (C=O) groups is 1. The zero-order chi connectivity index (χ0) is 32.3. The second-order valence-electron chi connectivity index (χ2n) is 13.1. The Kier molecular flexibility index (Phi) is 9.85. The van der Waals surface area contributed by atoms with Gasteiger partial charge in [-0.2, -0.15) is 0 Å². The lowest BCUT2D eigenvalue weighted by molar-refractivity contribution is 0.0880. The van der Waals surface area contributed by atoms with Crippen LogP contribution in [0, 0.1) is 11.6 Å². The lowest BCUT2D eigenvalue weighted by Crippen LogP contribution is -2.44. The summed E-state index contributed by atoms with van der Waals surface area (Å²) in [4.78, 5) is 27.3. The molecule has 1 aliphatic heterocycles. The number of imidazole rings is 2. The first-order chi connectivity index (χ1) is 21.4. The SMILES string of the molecule is CC(C)n1cnc(-c2ccc(F)cc2)c1-c1nc(C(=O)Nc2ccc(N3CCN(C)CC3)cc2F)cn1COCC[Si](C)(C)C. The Hall–Kier alpha value is -3.87. The number of carbonyl (C=O) groups excluding carboxylic acids is 1. The summed E-state index contributed by atoms with van der Waals surface area (Å²) in [6.07, 6.45) is 3.35. The van der Waals surface area contributed by atoms with E-state index in [1.807, 2.05) is 24.5 Å². The predicted molar refractivity (Wildman–Crippen MR) is 177 cm³/mol. The van der Waals surface area contributed by atoms with E-state index in [1.165, 1.54) is 18.2 Å². The molecular weight excluding hydrogens is 592 g/mol. The first-order valence-corrected chi connectivity index (χ1v) is 19.1. The van der Waals surface area contributed by atoms with Crippen molar-refractivity contribution in [3.63, 3.8) is 0 Å². The minimum Gasteiger partial charge on any atom is -0.369 e. The fraction of sp³-hybridized carbons (Fsp3) is 0.424. The van der Waals surface area contributed by atoms with Crippen molar-refractivity contribution in [3.05, 3.63) is 72.3 Å². The van der Waals surface area contributed by atoms with Crippen molar-refractivity contribution in [1.82, 2.24) is 24.0 Å². The van der Waals surface area contributed by atoms with Crippen molar-refractivity contribution < 1.29 is 18.3 Å². The van der Waals surface area contributed by atoms with E-state index < -0.39 is 19.8 Å². The zero-order valence-electron chi connectivity index (χ0n) is 27.0. The molecule has 1 N–H and O–H groups in total. The normalized spacial score (nSPS) is 14.4. The Morgan fingerprint density at radius 1 is 1.04 bits per heavy atom. The summed E-state index contributed by atoms with van der Waals surface area (Å²) in [6.45, 7) is 15.1. The number of halogens is 2. The van der Waals surface area contributed by atoms with Crippen LogP contribution in [0.25, 0.3) is 22.8 Å². The number of nitrogens with one attached hydrogen (secondary N) is 1. The van der Waals surface area contributed by atoms with Gasteiger partial charge in [0.15, 0.2) is 5.82 Å². The van der Waals surface area contributed by atoms with Crippen molar-refractivity contribution in [3.8, 4) is 22.8 Å². The highest BCUT2D eigenvalue weighted by molar-refractivity contribution is 6.76. The smallest absolute Gasteiger partial charge is 0.275 e. The minimum absolute atomic E-state index is 0.0184. The zero-order valence-corrected chi connectivity index (χ0v) is 28.0. The largest absolute Gasteiger partial charge is 0.369 e. The van der Waals surface area contributed by atoms with Gasteiger partial charge in [-0.3, -0.25) is 4.79 Å². The summed E-state index contributed by atoms with van der Waals surface area (Å²) >= 11 is 0. The predicted octanol–water partition coefficient (Wildman–Crippen LogP) is 6.59. The first-order valence-electron chi connectivity index (χ1n) is 15.4. The van der Waals surface area contributed by atoms with Gasteiger partial charge in [0.2, 0.25) is 0 Å². The van der Waals surface area contributed by atoms with Crippen LogP contribution in [0.1, 0.15) is 30.4 Å². The number of piperazine rings is 1. The third-order valence-electron chi connectivity index (χ3n) is 7.98. The number of benzene rings is 2. The molecule has 0 bridgehead atoms. The maximum atomic E-state index is 15.2. The second-order valence-corrected chi connectivity index (χ2v) is 18.7. The Morgan fingerprint density at radius 2 is 1.76 bits per heavy atom. The van der Waals surface area contributed by atoms with Crippen LogP contribution in [-0.2, 0) is 11.5 Å². The molecule has 0 unspecified atom stereocenters. The molecule has 12 heteroatoms. The maximum Gasteiger partial charge on any atom is 0.275 e. The topological polar surface area (TPSA) is 80.5 Å². The molecule has 1 amide bonds. The van der Waals surface area contributed by atoms with Crippen LogP contribution in [0.3, 0.4) is 0 Å². The third-order valence-corrected chi connectivity index (χ3v) is 9.69. The van der Waals surface area contributed by atoms with Crippen molar-refractivity contribution in [1.29, 1.82) is 0 Å². The van der Waals surface area contributed by atoms with Gasteiger partial charge in [-0.15, -0.1) is 0 Å². The average Bonchev–Trinajstić information content (AvgIpc) is 3.61. The summed E-state index contributed by atoms with van der Waals surface area (Å²) in [5.41, 5.74) is 2.98. The Labute approximate surface area is 264 Å². The van der Waals surface area contributed by atoms with Gasteiger partial charge >= 0.3 is 0 Å². The molecule has 9 nitrogen and oxygen atoms in total. The van der Waals surface area contributed by atoms with Gasteiger partial charge in [-0.25, -0.2) is 18.7 Å². The third kappa shape index (κ3) is 7.86. The summed E-state index contributed by atoms with van der Waals surface area (Å²) in [6, 6.07) is 12.0. The number of nitrogens with zero attached hydrogens (tertiary/aromatic N) is 6. The lowest BCUT2D eigenvalue weighted by Gasteiger charge is -2.34. The molecule has 0 radical (unpaired) electrons. The van der Waals surface area contributed by atoms with Crippen LogP contribution in [0.2, 0.25) is 25.7 Å². The Morgan fingerprint density at radius 3 is 2.40 bits per heavy atom. The van der Waals surface area contributed by atoms with Crippen LogP contribution < -0.4 is 10.2 Å². The highest BCUT2D eigenvalue weighted by Crippen LogP contribution is 2.33. The van der Waals surface area contributed by atoms with Crippen LogP contribution in [-0.4, -0.2) is 77.8 Å². The minimum atomic E-state index is -1.32. The lowest BCUT2D eigenvalue weighted by atomic mass is 10.1. The molecule has 0 spiro atoms. The van der Waals surface area contributed by atoms with E-state index in [0.29, 0.717) is 29.4 Å². The van der Waals surface area contributed by atoms with Crippen molar-refractivity contribution in [2.75, 3.05) is 50.1 Å². The van der Waals surface area contributed by atoms with Gasteiger partial charge in [0, 0.05) is 64.3 Å². The quantitative estimate of drug-likeness (QED) is 0.148. The molecule has 0 saturated carbocycles. The molecule has 1 aliphatic rings. The van der Waals surface area contributed by atoms with E-state index >= 15 is 4.39 Å². The summed E-state index contributed by atoms with van der Waals surface area (Å²) in [5.74, 6) is -0.916. The second kappa shape index (κ2) is 13.6. The number of likely N-dealkylation sites (N-methyl/N-ethyl adjacent to an activating group) is 1. The van der Waals surface area contributed by atoms with Gasteiger partial charge in [0.25, 0.3) is 5.91 Å². The highest BCUT2D eigenvalue weighted by atomic mass is 28.3. The summed E-state index contributed by atoms with van der Waals surface area (Å²) < 4.78 is 38.9. The molecule has 1 fully saturated rings. The maximum absolute atomic E-state index is 15.2. The van der Waals surface area contributed by atoms with E-state index in [9.17, 15) is 9.18 Å². The molecule has 5 rings (SSSR count). The van der Waals surface area contributed by atoms with Gasteiger partial charge in [-0.05, 0) is 69.4 Å². The fourth-order valence-electron chi connectivity index (χ4n) is 5.20. The molecule has 2 aromatic heterocycles. The average molecular weight is 636 g/mol. The molecule has 2 aromatic carbocycles. The van der Waals surface area contributed by atoms with Gasteiger partial charge < -0.3 is 29.0 Å². The molecular formula is C33H43F2N7O2Si. The van der Waals surface area contributed by atoms with Crippen LogP contribution >= 0.6 is 0 Å². The van der Waals surface area contributed by atoms with Crippen molar-refractivity contribution in [2.24, 2.45) is 0 Å². The highest BCUT2D eigenvalue weighted by Gasteiger charge is 2.25. The van der Waals surface area contributed by atoms with Gasteiger partial charge in [0.1, 0.15) is 29.8 Å². The number of hydrogen-bond donors (Lipinski definition) is 1. The summed E-state index contributed by atoms with van der Waals surface area (Å²) in [5, 5.41) is 2.71. The first kappa shape index (κ1) is 32.5. The van der Waals surface area contributed by atoms with E-state index in [0.717, 1.165) is 37.9 Å². The number of hydrogen-bond acceptors (Lipinski definition) is 6. The fourth-order valence-corrected chi connectivity index (χ4v) is 5.96. The number of ether oxygens (including phenoxy) is 1. The van der Waals surface area contributed by atoms with Gasteiger partial charge in [0.05, 0.1) is 17.7 Å². The Bertz CT molecular complexity index is 1620. The van der Waals surface area contributed by atoms with E-state index in [-0.39, 0.29) is 30.0 Å². The standard InChI is InChI=1S/C33H43F2N7O2Si/c1-23(2)42-21-36-30(24-7-9-25(34)10-8-24)31(42)32-37-29(20-41(32)22-44-17-18-45(4,5)6)33(43)38-28-12-11-26(19-27(28)35)40-15-13-39(3)14-16-40/h7-12,19-21,23H,13-18,22H2,1-6H3,(H,38,43).